The predicted molar refractivity (Wildman–Crippen MR) is 77.4 cm³/mol. The summed E-state index contributed by atoms with van der Waals surface area (Å²) in [6.07, 6.45) is 9.55. The number of hydrogen-bond donors (Lipinski definition) is 1. The third kappa shape index (κ3) is 2.45. The van der Waals surface area contributed by atoms with Crippen LogP contribution in [0, 0.1) is 0 Å². The molecule has 2 aliphatic rings. The molecule has 2 fully saturated rings. The molecule has 104 valence electrons. The van der Waals surface area contributed by atoms with Gasteiger partial charge in [0.2, 0.25) is 5.91 Å². The van der Waals surface area contributed by atoms with E-state index in [2.05, 4.69) is 28.7 Å². The van der Waals surface area contributed by atoms with E-state index in [1.54, 1.807) is 6.08 Å². The highest BCUT2D eigenvalue weighted by molar-refractivity contribution is 5.89. The van der Waals surface area contributed by atoms with Crippen molar-refractivity contribution in [3.63, 3.8) is 0 Å². The van der Waals surface area contributed by atoms with Gasteiger partial charge in [-0.3, -0.25) is 4.79 Å². The summed E-state index contributed by atoms with van der Waals surface area (Å²) in [5.74, 6) is 0.167. The van der Waals surface area contributed by atoms with E-state index in [1.165, 1.54) is 0 Å². The number of amides is 1. The van der Waals surface area contributed by atoms with Crippen molar-refractivity contribution in [3.8, 4) is 0 Å². The number of nitrogens with one attached hydrogen (secondary N) is 1. The van der Waals surface area contributed by atoms with E-state index in [0.29, 0.717) is 6.67 Å². The van der Waals surface area contributed by atoms with Gasteiger partial charge in [0.1, 0.15) is 5.54 Å². The van der Waals surface area contributed by atoms with E-state index in [-0.39, 0.29) is 11.4 Å². The molecule has 0 bridgehead atoms. The quantitative estimate of drug-likeness (QED) is 0.782. The van der Waals surface area contributed by atoms with Crippen molar-refractivity contribution in [2.45, 2.75) is 25.3 Å². The molecule has 1 spiro atoms. The summed E-state index contributed by atoms with van der Waals surface area (Å²) in [5.41, 5.74) is 0.682. The van der Waals surface area contributed by atoms with Crippen molar-refractivity contribution in [2.75, 3.05) is 26.8 Å². The second-order valence-electron chi connectivity index (χ2n) is 5.25. The first kappa shape index (κ1) is 13.9. The van der Waals surface area contributed by atoms with Crippen LogP contribution >= 0.6 is 0 Å². The van der Waals surface area contributed by atoms with E-state index in [9.17, 15) is 4.79 Å². The summed E-state index contributed by atoms with van der Waals surface area (Å²) < 4.78 is 0. The Labute approximate surface area is 115 Å². The number of rotatable bonds is 3. The van der Waals surface area contributed by atoms with Gasteiger partial charge < -0.3 is 15.1 Å². The van der Waals surface area contributed by atoms with Gasteiger partial charge in [0.05, 0.1) is 6.67 Å². The number of likely N-dealkylation sites (tertiary alicyclic amines) is 1. The predicted octanol–water partition coefficient (Wildman–Crippen LogP) is 1.49. The minimum atomic E-state index is -0.374. The van der Waals surface area contributed by atoms with Crippen LogP contribution < -0.4 is 5.32 Å². The van der Waals surface area contributed by atoms with Crippen molar-refractivity contribution in [3.05, 3.63) is 36.6 Å². The molecule has 2 heterocycles. The highest BCUT2D eigenvalue weighted by Gasteiger charge is 2.50. The van der Waals surface area contributed by atoms with Gasteiger partial charge in [-0.2, -0.15) is 0 Å². The molecule has 19 heavy (non-hydrogen) atoms. The highest BCUT2D eigenvalue weighted by atomic mass is 16.2. The lowest BCUT2D eigenvalue weighted by Crippen LogP contribution is -2.54. The molecule has 0 aromatic heterocycles. The topological polar surface area (TPSA) is 35.6 Å². The average Bonchev–Trinajstić information content (AvgIpc) is 2.71. The Kier molecular flexibility index (Phi) is 4.10. The minimum absolute atomic E-state index is 0.167. The molecule has 4 heteroatoms. The zero-order valence-corrected chi connectivity index (χ0v) is 11.9. The third-order valence-electron chi connectivity index (χ3n) is 4.09. The number of hydrogen-bond acceptors (Lipinski definition) is 3. The number of nitrogens with zero attached hydrogens (tertiary/aromatic N) is 2. The fourth-order valence-corrected chi connectivity index (χ4v) is 2.94. The van der Waals surface area contributed by atoms with E-state index >= 15 is 0 Å². The number of carbonyl (C=O) groups excluding carboxylic acids is 1. The SMILES string of the molecule is C=C/C=C(\C=C/C)N1CNC(=O)C12CCN(C)CC2. The second-order valence-corrected chi connectivity index (χ2v) is 5.25. The molecule has 4 nitrogen and oxygen atoms in total. The van der Waals surface area contributed by atoms with Gasteiger partial charge >= 0.3 is 0 Å². The first-order valence-corrected chi connectivity index (χ1v) is 6.84. The smallest absolute Gasteiger partial charge is 0.247 e. The Balaban J connectivity index is 2.31. The van der Waals surface area contributed by atoms with Crippen LogP contribution in [0.4, 0.5) is 0 Å². The van der Waals surface area contributed by atoms with E-state index in [1.807, 2.05) is 25.2 Å². The van der Waals surface area contributed by atoms with E-state index in [0.717, 1.165) is 31.6 Å². The van der Waals surface area contributed by atoms with Crippen LogP contribution in [-0.4, -0.2) is 48.1 Å². The van der Waals surface area contributed by atoms with Crippen molar-refractivity contribution < 1.29 is 4.79 Å². The van der Waals surface area contributed by atoms with Crippen LogP contribution in [0.3, 0.4) is 0 Å². The molecule has 0 unspecified atom stereocenters. The van der Waals surface area contributed by atoms with Gasteiger partial charge in [-0.25, -0.2) is 0 Å². The van der Waals surface area contributed by atoms with Crippen LogP contribution in [-0.2, 0) is 4.79 Å². The van der Waals surface area contributed by atoms with Crippen LogP contribution in [0.2, 0.25) is 0 Å². The molecule has 0 aromatic carbocycles. The largest absolute Gasteiger partial charge is 0.339 e. The Bertz CT molecular complexity index is 417. The molecule has 2 rings (SSSR count). The van der Waals surface area contributed by atoms with Gasteiger partial charge in [0, 0.05) is 18.8 Å². The van der Waals surface area contributed by atoms with Crippen LogP contribution in [0.25, 0.3) is 0 Å². The van der Waals surface area contributed by atoms with Crippen LogP contribution in [0.15, 0.2) is 36.6 Å². The number of allylic oxidation sites excluding steroid dienone is 4. The monoisotopic (exact) mass is 261 g/mol. The molecule has 0 saturated carbocycles. The summed E-state index contributed by atoms with van der Waals surface area (Å²) in [4.78, 5) is 16.8. The Morgan fingerprint density at radius 3 is 2.68 bits per heavy atom. The second kappa shape index (κ2) is 5.61. The zero-order chi connectivity index (χ0) is 13.9. The minimum Gasteiger partial charge on any atom is -0.339 e. The molecule has 2 saturated heterocycles. The molecule has 0 aliphatic carbocycles. The van der Waals surface area contributed by atoms with Crippen molar-refractivity contribution in [2.24, 2.45) is 0 Å². The van der Waals surface area contributed by atoms with E-state index in [4.69, 9.17) is 0 Å². The van der Waals surface area contributed by atoms with Crippen LogP contribution in [0.1, 0.15) is 19.8 Å². The maximum absolute atomic E-state index is 12.3. The fourth-order valence-electron chi connectivity index (χ4n) is 2.94. The molecule has 1 N–H and O–H groups in total. The number of carbonyl (C=O) groups is 1. The first-order chi connectivity index (χ1) is 9.14. The standard InChI is InChI=1S/C15H23N3O/c1-4-6-13(7-5-2)18-12-16-14(19)15(18)8-10-17(3)11-9-15/h4-7H,1,8-12H2,2-3H3,(H,16,19)/b7-5-,13-6+. The van der Waals surface area contributed by atoms with Gasteiger partial charge in [0.25, 0.3) is 0 Å². The Morgan fingerprint density at radius 1 is 1.42 bits per heavy atom. The third-order valence-corrected chi connectivity index (χ3v) is 4.09. The summed E-state index contributed by atoms with van der Waals surface area (Å²) in [5, 5.41) is 3.00. The van der Waals surface area contributed by atoms with Gasteiger partial charge in [-0.1, -0.05) is 18.7 Å². The van der Waals surface area contributed by atoms with Gasteiger partial charge in [-0.05, 0) is 39.0 Å². The maximum atomic E-state index is 12.3. The molecule has 0 radical (unpaired) electrons. The summed E-state index contributed by atoms with van der Waals surface area (Å²) in [6.45, 7) is 8.27. The molecule has 1 amide bonds. The average molecular weight is 261 g/mol. The first-order valence-electron chi connectivity index (χ1n) is 6.84. The maximum Gasteiger partial charge on any atom is 0.247 e. The van der Waals surface area contributed by atoms with Crippen molar-refractivity contribution >= 4 is 5.91 Å². The highest BCUT2D eigenvalue weighted by Crippen LogP contribution is 2.35. The lowest BCUT2D eigenvalue weighted by atomic mass is 9.86. The molecule has 0 atom stereocenters. The summed E-state index contributed by atoms with van der Waals surface area (Å²) >= 11 is 0. The van der Waals surface area contributed by atoms with E-state index < -0.39 is 0 Å². The lowest BCUT2D eigenvalue weighted by molar-refractivity contribution is -0.128. The Morgan fingerprint density at radius 2 is 2.11 bits per heavy atom. The van der Waals surface area contributed by atoms with Crippen molar-refractivity contribution in [1.29, 1.82) is 0 Å². The lowest BCUT2D eigenvalue weighted by Gasteiger charge is -2.42. The molecule has 2 aliphatic heterocycles. The summed E-state index contributed by atoms with van der Waals surface area (Å²) in [6, 6.07) is 0. The Hall–Kier alpha value is -1.55. The molecular formula is C15H23N3O. The van der Waals surface area contributed by atoms with Gasteiger partial charge in [-0.15, -0.1) is 0 Å². The zero-order valence-electron chi connectivity index (χ0n) is 11.9. The van der Waals surface area contributed by atoms with Crippen molar-refractivity contribution in [1.82, 2.24) is 15.1 Å². The fraction of sp³-hybridized carbons (Fsp3) is 0.533. The summed E-state index contributed by atoms with van der Waals surface area (Å²) in [7, 11) is 2.11. The van der Waals surface area contributed by atoms with Gasteiger partial charge in [0.15, 0.2) is 0 Å². The molecular weight excluding hydrogens is 238 g/mol. The number of piperidine rings is 1. The van der Waals surface area contributed by atoms with Crippen LogP contribution in [0.5, 0.6) is 0 Å². The molecule has 0 aromatic rings. The normalized spacial score (nSPS) is 24.2.